The summed E-state index contributed by atoms with van der Waals surface area (Å²) in [5.41, 5.74) is 16.1. The van der Waals surface area contributed by atoms with E-state index in [-0.39, 0.29) is 0 Å². The summed E-state index contributed by atoms with van der Waals surface area (Å²) in [6.07, 6.45) is 5.21. The van der Waals surface area contributed by atoms with Gasteiger partial charge < -0.3 is 11.5 Å². The highest BCUT2D eigenvalue weighted by Crippen LogP contribution is 2.39. The fraction of sp³-hybridized carbons (Fsp3) is 0.250. The predicted molar refractivity (Wildman–Crippen MR) is 126 cm³/mol. The summed E-state index contributed by atoms with van der Waals surface area (Å²) in [5.74, 6) is 0.359. The molecule has 4 aromatic rings. The number of rotatable bonds is 6. The number of nitrogens with two attached hydrogens (primary N) is 2. The number of benzene rings is 2. The largest absolute Gasteiger partial charge is 0.330 e. The zero-order valence-corrected chi connectivity index (χ0v) is 18.3. The van der Waals surface area contributed by atoms with Gasteiger partial charge in [0.15, 0.2) is 0 Å². The molecule has 0 aliphatic carbocycles. The maximum Gasteiger partial charge on any atom is 0.0720 e. The second-order valence-electron chi connectivity index (χ2n) is 7.89. The summed E-state index contributed by atoms with van der Waals surface area (Å²) in [6.45, 7) is 2.77. The van der Waals surface area contributed by atoms with Gasteiger partial charge in [-0.1, -0.05) is 42.3 Å². The van der Waals surface area contributed by atoms with Crippen molar-refractivity contribution in [2.45, 2.75) is 25.3 Å². The SMILES string of the molecule is CC(CN)CCC(N)(c1ccnc2cc(Cl)ccc12)c1ccnc2cc(Cl)ccc12. The maximum atomic E-state index is 7.29. The molecule has 0 aliphatic rings. The van der Waals surface area contributed by atoms with Crippen LogP contribution in [0.25, 0.3) is 21.8 Å². The third-order valence-corrected chi connectivity index (χ3v) is 6.27. The van der Waals surface area contributed by atoms with Gasteiger partial charge in [-0.05, 0) is 72.8 Å². The number of hydrogen-bond acceptors (Lipinski definition) is 4. The first-order valence-electron chi connectivity index (χ1n) is 10.0. The van der Waals surface area contributed by atoms with Gasteiger partial charge in [-0.3, -0.25) is 9.97 Å². The quantitative estimate of drug-likeness (QED) is 0.406. The molecule has 4 N–H and O–H groups in total. The van der Waals surface area contributed by atoms with Crippen LogP contribution in [-0.4, -0.2) is 16.5 Å². The van der Waals surface area contributed by atoms with Gasteiger partial charge in [0.25, 0.3) is 0 Å². The van der Waals surface area contributed by atoms with Gasteiger partial charge in [0.05, 0.1) is 16.6 Å². The number of aromatic nitrogens is 2. The number of pyridine rings is 2. The molecule has 2 aromatic carbocycles. The second-order valence-corrected chi connectivity index (χ2v) is 8.76. The fourth-order valence-electron chi connectivity index (χ4n) is 4.03. The van der Waals surface area contributed by atoms with Gasteiger partial charge in [0.1, 0.15) is 0 Å². The van der Waals surface area contributed by atoms with Crippen molar-refractivity contribution in [1.82, 2.24) is 9.97 Å². The molecule has 4 nitrogen and oxygen atoms in total. The summed E-state index contributed by atoms with van der Waals surface area (Å²) in [7, 11) is 0. The zero-order chi connectivity index (χ0) is 21.3. The van der Waals surface area contributed by atoms with Crippen molar-refractivity contribution in [3.05, 3.63) is 82.1 Å². The Morgan fingerprint density at radius 3 is 1.83 bits per heavy atom. The third kappa shape index (κ3) is 3.88. The Hall–Kier alpha value is -2.24. The van der Waals surface area contributed by atoms with E-state index in [9.17, 15) is 0 Å². The van der Waals surface area contributed by atoms with Crippen molar-refractivity contribution in [3.8, 4) is 0 Å². The Morgan fingerprint density at radius 1 is 0.867 bits per heavy atom. The van der Waals surface area contributed by atoms with Gasteiger partial charge in [-0.15, -0.1) is 0 Å². The van der Waals surface area contributed by atoms with E-state index in [0.717, 1.165) is 45.8 Å². The lowest BCUT2D eigenvalue weighted by molar-refractivity contribution is 0.416. The molecule has 1 unspecified atom stereocenters. The van der Waals surface area contributed by atoms with Crippen molar-refractivity contribution >= 4 is 45.0 Å². The van der Waals surface area contributed by atoms with Crippen LogP contribution in [0.3, 0.4) is 0 Å². The molecule has 0 fully saturated rings. The summed E-state index contributed by atoms with van der Waals surface area (Å²) < 4.78 is 0. The first-order valence-corrected chi connectivity index (χ1v) is 10.8. The van der Waals surface area contributed by atoms with E-state index in [1.165, 1.54) is 0 Å². The van der Waals surface area contributed by atoms with Crippen LogP contribution in [0.4, 0.5) is 0 Å². The standard InChI is InChI=1S/C24H24Cl2N4/c1-15(14-27)6-9-24(28,20-7-10-29-22-12-16(25)2-4-18(20)22)21-8-11-30-23-13-17(26)3-5-19(21)23/h2-5,7-8,10-13,15H,6,9,14,27-28H2,1H3. The molecule has 154 valence electrons. The summed E-state index contributed by atoms with van der Waals surface area (Å²) in [4.78, 5) is 9.01. The van der Waals surface area contributed by atoms with Crippen LogP contribution < -0.4 is 11.5 Å². The average Bonchev–Trinajstić information content (AvgIpc) is 2.75. The predicted octanol–water partition coefficient (Wildman–Crippen LogP) is 5.67. The zero-order valence-electron chi connectivity index (χ0n) is 16.8. The van der Waals surface area contributed by atoms with Crippen LogP contribution in [0.1, 0.15) is 30.9 Å². The Bertz CT molecular complexity index is 1120. The molecule has 0 saturated carbocycles. The lowest BCUT2D eigenvalue weighted by Crippen LogP contribution is -2.39. The smallest absolute Gasteiger partial charge is 0.0720 e. The monoisotopic (exact) mass is 438 g/mol. The van der Waals surface area contributed by atoms with Gasteiger partial charge in [0, 0.05) is 33.2 Å². The highest BCUT2D eigenvalue weighted by molar-refractivity contribution is 6.31. The minimum absolute atomic E-state index is 0.359. The first kappa shape index (κ1) is 21.0. The van der Waals surface area contributed by atoms with Gasteiger partial charge in [-0.25, -0.2) is 0 Å². The van der Waals surface area contributed by atoms with Crippen LogP contribution in [0.5, 0.6) is 0 Å². The molecule has 0 radical (unpaired) electrons. The third-order valence-electron chi connectivity index (χ3n) is 5.80. The lowest BCUT2D eigenvalue weighted by atomic mass is 9.76. The maximum absolute atomic E-state index is 7.29. The minimum Gasteiger partial charge on any atom is -0.330 e. The molecule has 4 rings (SSSR count). The molecule has 30 heavy (non-hydrogen) atoms. The van der Waals surface area contributed by atoms with E-state index in [1.54, 1.807) is 12.4 Å². The number of nitrogens with zero attached hydrogens (tertiary/aromatic N) is 2. The van der Waals surface area contributed by atoms with E-state index in [2.05, 4.69) is 16.9 Å². The van der Waals surface area contributed by atoms with E-state index in [0.29, 0.717) is 22.5 Å². The van der Waals surface area contributed by atoms with Gasteiger partial charge >= 0.3 is 0 Å². The molecule has 0 amide bonds. The lowest BCUT2D eigenvalue weighted by Gasteiger charge is -2.33. The minimum atomic E-state index is -0.756. The number of halogens is 2. The number of hydrogen-bond donors (Lipinski definition) is 2. The molecule has 2 aromatic heterocycles. The molecule has 0 spiro atoms. The molecular weight excluding hydrogens is 415 g/mol. The molecule has 0 aliphatic heterocycles. The summed E-state index contributed by atoms with van der Waals surface area (Å²) in [5, 5.41) is 3.28. The van der Waals surface area contributed by atoms with Crippen LogP contribution in [0, 0.1) is 5.92 Å². The van der Waals surface area contributed by atoms with Crippen molar-refractivity contribution < 1.29 is 0 Å². The first-order chi connectivity index (χ1) is 14.4. The van der Waals surface area contributed by atoms with Crippen molar-refractivity contribution in [1.29, 1.82) is 0 Å². The normalized spacial score (nSPS) is 13.1. The van der Waals surface area contributed by atoms with E-state index < -0.39 is 5.54 Å². The topological polar surface area (TPSA) is 77.8 Å². The van der Waals surface area contributed by atoms with Crippen molar-refractivity contribution in [2.24, 2.45) is 17.4 Å². The Balaban J connectivity index is 1.98. The van der Waals surface area contributed by atoms with E-state index in [4.69, 9.17) is 34.7 Å². The molecule has 0 saturated heterocycles. The van der Waals surface area contributed by atoms with Gasteiger partial charge in [-0.2, -0.15) is 0 Å². The molecule has 2 heterocycles. The van der Waals surface area contributed by atoms with E-state index in [1.807, 2.05) is 48.5 Å². The van der Waals surface area contributed by atoms with Crippen molar-refractivity contribution in [3.63, 3.8) is 0 Å². The molecule has 6 heteroatoms. The Kier molecular flexibility index (Phi) is 5.94. The van der Waals surface area contributed by atoms with E-state index >= 15 is 0 Å². The average molecular weight is 439 g/mol. The highest BCUT2D eigenvalue weighted by Gasteiger charge is 2.33. The van der Waals surface area contributed by atoms with Crippen LogP contribution in [0.2, 0.25) is 10.0 Å². The Labute approximate surface area is 186 Å². The fourth-order valence-corrected chi connectivity index (χ4v) is 4.36. The molecule has 0 bridgehead atoms. The summed E-state index contributed by atoms with van der Waals surface area (Å²) >= 11 is 12.4. The van der Waals surface area contributed by atoms with Gasteiger partial charge in [0.2, 0.25) is 0 Å². The Morgan fingerprint density at radius 2 is 1.37 bits per heavy atom. The molecule has 1 atom stereocenters. The highest BCUT2D eigenvalue weighted by atomic mass is 35.5. The second kappa shape index (κ2) is 8.48. The summed E-state index contributed by atoms with van der Waals surface area (Å²) in [6, 6.07) is 15.5. The number of fused-ring (bicyclic) bond motifs is 2. The molecular formula is C24H24Cl2N4. The van der Waals surface area contributed by atoms with Crippen molar-refractivity contribution in [2.75, 3.05) is 6.54 Å². The van der Waals surface area contributed by atoms with Crippen LogP contribution in [0.15, 0.2) is 60.9 Å². The van der Waals surface area contributed by atoms with Crippen LogP contribution in [-0.2, 0) is 5.54 Å². The van der Waals surface area contributed by atoms with Crippen LogP contribution >= 0.6 is 23.2 Å².